The van der Waals surface area contributed by atoms with Crippen LogP contribution in [0.2, 0.25) is 4.34 Å². The molecule has 0 spiro atoms. The van der Waals surface area contributed by atoms with Crippen molar-refractivity contribution in [2.24, 2.45) is 11.8 Å². The van der Waals surface area contributed by atoms with Crippen molar-refractivity contribution in [1.82, 2.24) is 4.90 Å². The highest BCUT2D eigenvalue weighted by molar-refractivity contribution is 7.16. The smallest absolute Gasteiger partial charge is 0.0931 e. The standard InChI is InChI=1S/C14H20ClNOS/c1-16(8-13-2-3-14(15)18-13)11-4-9-6-12(17)7-10(9)5-11/h2-3,9-12,17H,4-8H2,1H3/t9-,10+,11?,12?. The van der Waals surface area contributed by atoms with Crippen LogP contribution in [0, 0.1) is 11.8 Å². The van der Waals surface area contributed by atoms with Crippen LogP contribution in [-0.4, -0.2) is 29.2 Å². The van der Waals surface area contributed by atoms with Crippen LogP contribution in [0.1, 0.15) is 30.6 Å². The van der Waals surface area contributed by atoms with E-state index in [9.17, 15) is 5.11 Å². The number of fused-ring (bicyclic) bond motifs is 1. The fraction of sp³-hybridized carbons (Fsp3) is 0.714. The molecule has 2 aliphatic carbocycles. The molecule has 1 aromatic rings. The van der Waals surface area contributed by atoms with E-state index in [0.29, 0.717) is 6.04 Å². The summed E-state index contributed by atoms with van der Waals surface area (Å²) in [5, 5.41) is 9.67. The first-order chi connectivity index (χ1) is 8.61. The van der Waals surface area contributed by atoms with E-state index in [4.69, 9.17) is 11.6 Å². The first-order valence-electron chi connectivity index (χ1n) is 6.74. The number of rotatable bonds is 3. The minimum absolute atomic E-state index is 0.0256. The van der Waals surface area contributed by atoms with Gasteiger partial charge in [-0.1, -0.05) is 11.6 Å². The molecule has 1 aromatic heterocycles. The summed E-state index contributed by atoms with van der Waals surface area (Å²) < 4.78 is 0.879. The fourth-order valence-corrected chi connectivity index (χ4v) is 4.88. The van der Waals surface area contributed by atoms with Crippen LogP contribution >= 0.6 is 22.9 Å². The maximum Gasteiger partial charge on any atom is 0.0931 e. The maximum absolute atomic E-state index is 9.67. The zero-order valence-electron chi connectivity index (χ0n) is 10.7. The highest BCUT2D eigenvalue weighted by atomic mass is 35.5. The summed E-state index contributed by atoms with van der Waals surface area (Å²) in [6.45, 7) is 1.00. The number of aliphatic hydroxyl groups excluding tert-OH is 1. The molecule has 18 heavy (non-hydrogen) atoms. The predicted octanol–water partition coefficient (Wildman–Crippen LogP) is 3.38. The molecule has 1 N–H and O–H groups in total. The lowest BCUT2D eigenvalue weighted by molar-refractivity contribution is 0.158. The lowest BCUT2D eigenvalue weighted by Crippen LogP contribution is -2.29. The van der Waals surface area contributed by atoms with Crippen LogP contribution in [0.15, 0.2) is 12.1 Å². The zero-order valence-corrected chi connectivity index (χ0v) is 12.3. The summed E-state index contributed by atoms with van der Waals surface area (Å²) in [6, 6.07) is 4.80. The van der Waals surface area contributed by atoms with Crippen molar-refractivity contribution in [3.63, 3.8) is 0 Å². The van der Waals surface area contributed by atoms with E-state index < -0.39 is 0 Å². The Labute approximate surface area is 118 Å². The van der Waals surface area contributed by atoms with Crippen molar-refractivity contribution in [2.45, 2.75) is 44.4 Å². The van der Waals surface area contributed by atoms with Gasteiger partial charge in [-0.15, -0.1) is 11.3 Å². The molecule has 4 heteroatoms. The molecule has 2 aliphatic rings. The van der Waals surface area contributed by atoms with Crippen LogP contribution in [-0.2, 0) is 6.54 Å². The van der Waals surface area contributed by atoms with E-state index in [1.165, 1.54) is 17.7 Å². The third kappa shape index (κ3) is 2.60. The van der Waals surface area contributed by atoms with Gasteiger partial charge in [-0.2, -0.15) is 0 Å². The average Bonchev–Trinajstić information content (AvgIpc) is 2.92. The highest BCUT2D eigenvalue weighted by Gasteiger charge is 2.42. The molecule has 0 radical (unpaired) electrons. The Morgan fingerprint density at radius 1 is 1.28 bits per heavy atom. The minimum Gasteiger partial charge on any atom is -0.393 e. The van der Waals surface area contributed by atoms with E-state index >= 15 is 0 Å². The molecule has 2 fully saturated rings. The molecule has 0 saturated heterocycles. The Morgan fingerprint density at radius 3 is 2.50 bits per heavy atom. The Bertz CT molecular complexity index is 408. The van der Waals surface area contributed by atoms with Crippen molar-refractivity contribution in [3.05, 3.63) is 21.3 Å². The zero-order chi connectivity index (χ0) is 12.7. The van der Waals surface area contributed by atoms with E-state index in [0.717, 1.165) is 35.6 Å². The largest absolute Gasteiger partial charge is 0.393 e. The second kappa shape index (κ2) is 5.12. The monoisotopic (exact) mass is 285 g/mol. The van der Waals surface area contributed by atoms with Crippen LogP contribution in [0.25, 0.3) is 0 Å². The minimum atomic E-state index is -0.0256. The summed E-state index contributed by atoms with van der Waals surface area (Å²) in [4.78, 5) is 3.81. The summed E-state index contributed by atoms with van der Waals surface area (Å²) in [6.07, 6.45) is 4.55. The first-order valence-corrected chi connectivity index (χ1v) is 7.94. The molecule has 0 aromatic carbocycles. The second-order valence-electron chi connectivity index (χ2n) is 5.89. The molecule has 0 amide bonds. The predicted molar refractivity (Wildman–Crippen MR) is 76.0 cm³/mol. The van der Waals surface area contributed by atoms with Gasteiger partial charge >= 0.3 is 0 Å². The summed E-state index contributed by atoms with van der Waals surface area (Å²) in [7, 11) is 2.22. The second-order valence-corrected chi connectivity index (χ2v) is 7.69. The van der Waals surface area contributed by atoms with Crippen LogP contribution in [0.5, 0.6) is 0 Å². The Morgan fingerprint density at radius 2 is 1.94 bits per heavy atom. The highest BCUT2D eigenvalue weighted by Crippen LogP contribution is 2.45. The van der Waals surface area contributed by atoms with Gasteiger partial charge in [-0.05, 0) is 56.7 Å². The number of aliphatic hydroxyl groups is 1. The summed E-state index contributed by atoms with van der Waals surface area (Å²) in [5.74, 6) is 1.53. The Kier molecular flexibility index (Phi) is 3.68. The van der Waals surface area contributed by atoms with Gasteiger partial charge in [-0.3, -0.25) is 4.90 Å². The molecule has 4 atom stereocenters. The van der Waals surface area contributed by atoms with E-state index in [2.05, 4.69) is 18.0 Å². The molecule has 2 saturated carbocycles. The number of hydrogen-bond acceptors (Lipinski definition) is 3. The van der Waals surface area contributed by atoms with Gasteiger partial charge in [-0.25, -0.2) is 0 Å². The van der Waals surface area contributed by atoms with Crippen molar-refractivity contribution in [2.75, 3.05) is 7.05 Å². The van der Waals surface area contributed by atoms with Crippen LogP contribution in [0.3, 0.4) is 0 Å². The van der Waals surface area contributed by atoms with Gasteiger partial charge in [0, 0.05) is 17.5 Å². The number of halogens is 1. The Balaban J connectivity index is 1.57. The van der Waals surface area contributed by atoms with E-state index in [1.807, 2.05) is 6.07 Å². The molecular formula is C14H20ClNOS. The lowest BCUT2D eigenvalue weighted by atomic mass is 10.0. The molecule has 1 heterocycles. The van der Waals surface area contributed by atoms with Crippen LogP contribution in [0.4, 0.5) is 0 Å². The lowest BCUT2D eigenvalue weighted by Gasteiger charge is -2.24. The number of thiophene rings is 1. The van der Waals surface area contributed by atoms with Crippen molar-refractivity contribution in [1.29, 1.82) is 0 Å². The summed E-state index contributed by atoms with van der Waals surface area (Å²) >= 11 is 7.65. The summed E-state index contributed by atoms with van der Waals surface area (Å²) in [5.41, 5.74) is 0. The van der Waals surface area contributed by atoms with E-state index in [-0.39, 0.29) is 6.10 Å². The number of hydrogen-bond donors (Lipinski definition) is 1. The topological polar surface area (TPSA) is 23.5 Å². The fourth-order valence-electron chi connectivity index (χ4n) is 3.72. The van der Waals surface area contributed by atoms with Gasteiger partial charge in [0.2, 0.25) is 0 Å². The third-order valence-electron chi connectivity index (χ3n) is 4.62. The van der Waals surface area contributed by atoms with Gasteiger partial charge in [0.1, 0.15) is 0 Å². The molecule has 3 rings (SSSR count). The molecular weight excluding hydrogens is 266 g/mol. The maximum atomic E-state index is 9.67. The van der Waals surface area contributed by atoms with Crippen LogP contribution < -0.4 is 0 Å². The van der Waals surface area contributed by atoms with Crippen molar-refractivity contribution >= 4 is 22.9 Å². The van der Waals surface area contributed by atoms with Gasteiger partial charge in [0.25, 0.3) is 0 Å². The van der Waals surface area contributed by atoms with Crippen molar-refractivity contribution < 1.29 is 5.11 Å². The van der Waals surface area contributed by atoms with Crippen molar-refractivity contribution in [3.8, 4) is 0 Å². The molecule has 2 unspecified atom stereocenters. The van der Waals surface area contributed by atoms with Gasteiger partial charge in [0.05, 0.1) is 10.4 Å². The number of nitrogens with zero attached hydrogens (tertiary/aromatic N) is 1. The average molecular weight is 286 g/mol. The quantitative estimate of drug-likeness (QED) is 0.920. The molecule has 2 nitrogen and oxygen atoms in total. The van der Waals surface area contributed by atoms with E-state index in [1.54, 1.807) is 11.3 Å². The first kappa shape index (κ1) is 12.9. The van der Waals surface area contributed by atoms with Gasteiger partial charge < -0.3 is 5.11 Å². The molecule has 100 valence electrons. The van der Waals surface area contributed by atoms with Gasteiger partial charge in [0.15, 0.2) is 0 Å². The Hall–Kier alpha value is -0.0900. The SMILES string of the molecule is CN(Cc1ccc(Cl)s1)C1C[C@H]2CC(O)C[C@H]2C1. The molecule has 0 bridgehead atoms. The molecule has 0 aliphatic heterocycles. The normalized spacial score (nSPS) is 35.3. The third-order valence-corrected chi connectivity index (χ3v) is 5.84.